The molecule has 0 aliphatic heterocycles. The van der Waals surface area contributed by atoms with Crippen LogP contribution in [-0.2, 0) is 7.05 Å². The van der Waals surface area contributed by atoms with Crippen molar-refractivity contribution in [2.24, 2.45) is 7.05 Å². The summed E-state index contributed by atoms with van der Waals surface area (Å²) in [6, 6.07) is 6.59. The summed E-state index contributed by atoms with van der Waals surface area (Å²) in [5.41, 5.74) is 1.83. The van der Waals surface area contributed by atoms with Crippen molar-refractivity contribution in [2.75, 3.05) is 5.32 Å². The van der Waals surface area contributed by atoms with Crippen LogP contribution in [0.5, 0.6) is 0 Å². The first-order chi connectivity index (χ1) is 8.08. The number of rotatable bonds is 3. The maximum Gasteiger partial charge on any atom is 0.141 e. The molecule has 0 saturated carbocycles. The minimum absolute atomic E-state index is 0.0732. The molecule has 1 aromatic carbocycles. The molecule has 1 atom stereocenters. The minimum atomic E-state index is -0.412. The van der Waals surface area contributed by atoms with Crippen molar-refractivity contribution in [1.82, 2.24) is 9.78 Å². The van der Waals surface area contributed by atoms with Crippen molar-refractivity contribution in [3.05, 3.63) is 47.0 Å². The van der Waals surface area contributed by atoms with Crippen LogP contribution in [0.3, 0.4) is 0 Å². The monoisotopic (exact) mass is 253 g/mol. The molecule has 1 aromatic heterocycles. The Hall–Kier alpha value is -1.55. The predicted octanol–water partition coefficient (Wildman–Crippen LogP) is 3.39. The lowest BCUT2D eigenvalue weighted by atomic mass is 10.2. The third-order valence-electron chi connectivity index (χ3n) is 2.61. The fraction of sp³-hybridized carbons (Fsp3) is 0.250. The number of halogens is 2. The van der Waals surface area contributed by atoms with Gasteiger partial charge in [0.2, 0.25) is 0 Å². The highest BCUT2D eigenvalue weighted by Crippen LogP contribution is 2.23. The standard InChI is InChI=1S/C12H13ClFN3/c1-8(12-5-6-15-17(12)2)16-9-3-4-11(14)10(13)7-9/h3-8,16H,1-2H3. The average molecular weight is 254 g/mol. The Bertz CT molecular complexity index is 524. The van der Waals surface area contributed by atoms with Crippen LogP contribution in [0.2, 0.25) is 5.02 Å². The van der Waals surface area contributed by atoms with E-state index in [1.54, 1.807) is 23.0 Å². The van der Waals surface area contributed by atoms with Gasteiger partial charge in [0.05, 0.1) is 16.8 Å². The van der Waals surface area contributed by atoms with Gasteiger partial charge in [-0.15, -0.1) is 0 Å². The Labute approximate surface area is 104 Å². The molecule has 1 unspecified atom stereocenters. The Balaban J connectivity index is 2.16. The second kappa shape index (κ2) is 4.75. The molecule has 0 aliphatic rings. The van der Waals surface area contributed by atoms with Crippen LogP contribution in [0, 0.1) is 5.82 Å². The second-order valence-electron chi connectivity index (χ2n) is 3.87. The van der Waals surface area contributed by atoms with Gasteiger partial charge in [-0.2, -0.15) is 5.10 Å². The van der Waals surface area contributed by atoms with Crippen LogP contribution in [0.15, 0.2) is 30.5 Å². The summed E-state index contributed by atoms with van der Waals surface area (Å²) in [5, 5.41) is 7.46. The number of aromatic nitrogens is 2. The van der Waals surface area contributed by atoms with Crippen molar-refractivity contribution in [2.45, 2.75) is 13.0 Å². The zero-order valence-electron chi connectivity index (χ0n) is 9.61. The number of benzene rings is 1. The Morgan fingerprint density at radius 1 is 1.41 bits per heavy atom. The third kappa shape index (κ3) is 2.58. The normalized spacial score (nSPS) is 12.5. The summed E-state index contributed by atoms with van der Waals surface area (Å²) >= 11 is 5.72. The molecule has 2 rings (SSSR count). The lowest BCUT2D eigenvalue weighted by Gasteiger charge is -2.15. The summed E-state index contributed by atoms with van der Waals surface area (Å²) in [6.07, 6.45) is 1.74. The van der Waals surface area contributed by atoms with E-state index >= 15 is 0 Å². The van der Waals surface area contributed by atoms with Crippen LogP contribution in [0.25, 0.3) is 0 Å². The molecular weight excluding hydrogens is 241 g/mol. The maximum atomic E-state index is 13.0. The van der Waals surface area contributed by atoms with Gasteiger partial charge in [-0.25, -0.2) is 4.39 Å². The lowest BCUT2D eigenvalue weighted by Crippen LogP contribution is -2.11. The molecule has 0 radical (unpaired) electrons. The minimum Gasteiger partial charge on any atom is -0.377 e. The molecule has 5 heteroatoms. The molecule has 0 aliphatic carbocycles. The first-order valence-corrected chi connectivity index (χ1v) is 5.65. The molecule has 90 valence electrons. The molecule has 0 fully saturated rings. The zero-order chi connectivity index (χ0) is 12.4. The van der Waals surface area contributed by atoms with Gasteiger partial charge < -0.3 is 5.32 Å². The number of aryl methyl sites for hydroxylation is 1. The van der Waals surface area contributed by atoms with E-state index in [1.165, 1.54) is 6.07 Å². The first-order valence-electron chi connectivity index (χ1n) is 5.27. The van der Waals surface area contributed by atoms with Crippen LogP contribution >= 0.6 is 11.6 Å². The fourth-order valence-electron chi connectivity index (χ4n) is 1.72. The van der Waals surface area contributed by atoms with Crippen LogP contribution in [-0.4, -0.2) is 9.78 Å². The van der Waals surface area contributed by atoms with E-state index < -0.39 is 5.82 Å². The number of hydrogen-bond donors (Lipinski definition) is 1. The molecule has 0 bridgehead atoms. The van der Waals surface area contributed by atoms with Crippen molar-refractivity contribution < 1.29 is 4.39 Å². The van der Waals surface area contributed by atoms with Gasteiger partial charge >= 0.3 is 0 Å². The zero-order valence-corrected chi connectivity index (χ0v) is 10.4. The maximum absolute atomic E-state index is 13.0. The number of hydrogen-bond acceptors (Lipinski definition) is 2. The van der Waals surface area contributed by atoms with Gasteiger partial charge in [0, 0.05) is 18.9 Å². The first kappa shape index (κ1) is 11.9. The molecule has 0 saturated heterocycles. The molecule has 2 aromatic rings. The lowest BCUT2D eigenvalue weighted by molar-refractivity contribution is 0.628. The highest BCUT2D eigenvalue weighted by molar-refractivity contribution is 6.31. The molecule has 0 amide bonds. The highest BCUT2D eigenvalue weighted by atomic mass is 35.5. The van der Waals surface area contributed by atoms with E-state index in [9.17, 15) is 4.39 Å². The summed E-state index contributed by atoms with van der Waals surface area (Å²) < 4.78 is 14.8. The van der Waals surface area contributed by atoms with E-state index in [0.29, 0.717) is 0 Å². The average Bonchev–Trinajstić information content (AvgIpc) is 2.70. The molecule has 1 N–H and O–H groups in total. The van der Waals surface area contributed by atoms with Crippen LogP contribution < -0.4 is 5.32 Å². The van der Waals surface area contributed by atoms with Gasteiger partial charge in [0.15, 0.2) is 0 Å². The van der Waals surface area contributed by atoms with Crippen LogP contribution in [0.1, 0.15) is 18.7 Å². The van der Waals surface area contributed by atoms with E-state index in [0.717, 1.165) is 11.4 Å². The highest BCUT2D eigenvalue weighted by Gasteiger charge is 2.09. The van der Waals surface area contributed by atoms with Gasteiger partial charge in [-0.3, -0.25) is 4.68 Å². The summed E-state index contributed by atoms with van der Waals surface area (Å²) in [4.78, 5) is 0. The molecule has 3 nitrogen and oxygen atoms in total. The second-order valence-corrected chi connectivity index (χ2v) is 4.28. The van der Waals surface area contributed by atoms with Gasteiger partial charge in [-0.05, 0) is 31.2 Å². The van der Waals surface area contributed by atoms with Gasteiger partial charge in [-0.1, -0.05) is 11.6 Å². The summed E-state index contributed by atoms with van der Waals surface area (Å²) in [5.74, 6) is -0.412. The Morgan fingerprint density at radius 2 is 2.18 bits per heavy atom. The predicted molar refractivity (Wildman–Crippen MR) is 66.7 cm³/mol. The summed E-state index contributed by atoms with van der Waals surface area (Å²) in [7, 11) is 1.88. The molecule has 0 spiro atoms. The Kier molecular flexibility index (Phi) is 3.33. The fourth-order valence-corrected chi connectivity index (χ4v) is 1.90. The smallest absolute Gasteiger partial charge is 0.141 e. The molecule has 17 heavy (non-hydrogen) atoms. The van der Waals surface area contributed by atoms with Crippen molar-refractivity contribution >= 4 is 17.3 Å². The van der Waals surface area contributed by atoms with Crippen molar-refractivity contribution in [1.29, 1.82) is 0 Å². The largest absolute Gasteiger partial charge is 0.377 e. The quantitative estimate of drug-likeness (QED) is 0.909. The number of anilines is 1. The van der Waals surface area contributed by atoms with E-state index in [-0.39, 0.29) is 11.1 Å². The summed E-state index contributed by atoms with van der Waals surface area (Å²) in [6.45, 7) is 2.01. The SMILES string of the molecule is CC(Nc1ccc(F)c(Cl)c1)c1ccnn1C. The van der Waals surface area contributed by atoms with Gasteiger partial charge in [0.25, 0.3) is 0 Å². The van der Waals surface area contributed by atoms with E-state index in [1.807, 2.05) is 20.0 Å². The van der Waals surface area contributed by atoms with Crippen LogP contribution in [0.4, 0.5) is 10.1 Å². The molecular formula is C12H13ClFN3. The third-order valence-corrected chi connectivity index (χ3v) is 2.89. The van der Waals surface area contributed by atoms with Gasteiger partial charge in [0.1, 0.15) is 5.82 Å². The Morgan fingerprint density at radius 3 is 2.76 bits per heavy atom. The van der Waals surface area contributed by atoms with E-state index in [4.69, 9.17) is 11.6 Å². The molecule has 1 heterocycles. The number of nitrogens with one attached hydrogen (secondary N) is 1. The van der Waals surface area contributed by atoms with Crippen molar-refractivity contribution in [3.63, 3.8) is 0 Å². The van der Waals surface area contributed by atoms with E-state index in [2.05, 4.69) is 10.4 Å². The van der Waals surface area contributed by atoms with Crippen molar-refractivity contribution in [3.8, 4) is 0 Å². The number of nitrogens with zero attached hydrogens (tertiary/aromatic N) is 2. The topological polar surface area (TPSA) is 29.9 Å².